The number of hydrogen-bond donors (Lipinski definition) is 2. The molecule has 0 aliphatic carbocycles. The molecule has 168 valence electrons. The fourth-order valence-corrected chi connectivity index (χ4v) is 3.94. The highest BCUT2D eigenvalue weighted by atomic mass is 35.5. The summed E-state index contributed by atoms with van der Waals surface area (Å²) in [5, 5.41) is 3.22. The highest BCUT2D eigenvalue weighted by molar-refractivity contribution is 7.89. The fraction of sp³-hybridized carbons (Fsp3) is 0.182. The van der Waals surface area contributed by atoms with Gasteiger partial charge in [0.15, 0.2) is 0 Å². The number of rotatable bonds is 10. The number of hydrogen-bond acceptors (Lipinski definition) is 5. The minimum atomic E-state index is -3.86. The molecule has 0 atom stereocenters. The van der Waals surface area contributed by atoms with Gasteiger partial charge in [-0.1, -0.05) is 41.9 Å². The smallest absolute Gasteiger partial charge is 0.241 e. The van der Waals surface area contributed by atoms with Crippen LogP contribution in [-0.2, 0) is 32.7 Å². The molecule has 0 radical (unpaired) electrons. The average molecular weight is 476 g/mol. The molecule has 0 spiro atoms. The molecular weight excluding hydrogens is 454 g/mol. The van der Waals surface area contributed by atoms with Gasteiger partial charge in [-0.25, -0.2) is 13.1 Å². The predicted octanol–water partition coefficient (Wildman–Crippen LogP) is 2.56. The van der Waals surface area contributed by atoms with Gasteiger partial charge in [-0.2, -0.15) is 0 Å². The maximum atomic E-state index is 12.8. The van der Waals surface area contributed by atoms with Gasteiger partial charge in [0.1, 0.15) is 5.76 Å². The van der Waals surface area contributed by atoms with Gasteiger partial charge in [-0.15, -0.1) is 0 Å². The van der Waals surface area contributed by atoms with Gasteiger partial charge >= 0.3 is 0 Å². The van der Waals surface area contributed by atoms with Crippen molar-refractivity contribution in [3.8, 4) is 0 Å². The molecule has 0 fully saturated rings. The summed E-state index contributed by atoms with van der Waals surface area (Å²) in [6, 6.07) is 18.0. The van der Waals surface area contributed by atoms with Crippen molar-refractivity contribution in [2.45, 2.75) is 18.0 Å². The Kier molecular flexibility index (Phi) is 8.04. The van der Waals surface area contributed by atoms with E-state index in [1.54, 1.807) is 54.6 Å². The Hall–Kier alpha value is -3.14. The third-order valence-corrected chi connectivity index (χ3v) is 6.15. The average Bonchev–Trinajstić information content (AvgIpc) is 3.31. The van der Waals surface area contributed by atoms with Gasteiger partial charge in [-0.3, -0.25) is 9.59 Å². The van der Waals surface area contributed by atoms with Crippen molar-refractivity contribution in [3.05, 3.63) is 89.3 Å². The number of halogens is 1. The lowest BCUT2D eigenvalue weighted by molar-refractivity contribution is -0.135. The zero-order chi connectivity index (χ0) is 23.0. The molecule has 0 unspecified atom stereocenters. The van der Waals surface area contributed by atoms with E-state index < -0.39 is 28.4 Å². The van der Waals surface area contributed by atoms with Crippen LogP contribution in [0.5, 0.6) is 0 Å². The maximum Gasteiger partial charge on any atom is 0.241 e. The van der Waals surface area contributed by atoms with Crippen molar-refractivity contribution >= 4 is 33.4 Å². The number of amides is 2. The molecule has 2 amide bonds. The molecule has 0 aliphatic heterocycles. The number of furan rings is 1. The van der Waals surface area contributed by atoms with E-state index in [0.29, 0.717) is 10.8 Å². The number of carbonyl (C=O) groups is 2. The van der Waals surface area contributed by atoms with Crippen molar-refractivity contribution in [2.75, 3.05) is 13.1 Å². The molecule has 2 N–H and O–H groups in total. The van der Waals surface area contributed by atoms with E-state index in [1.165, 1.54) is 23.3 Å². The number of sulfonamides is 1. The van der Waals surface area contributed by atoms with E-state index in [-0.39, 0.29) is 24.5 Å². The quantitative estimate of drug-likeness (QED) is 0.468. The van der Waals surface area contributed by atoms with E-state index in [0.717, 1.165) is 5.56 Å². The standard InChI is InChI=1S/C22H22ClN3O5S/c23-18-10-8-17(9-11-18)15-26(16-21(27)24-13-19-5-4-12-31-19)22(28)14-25-32(29,30)20-6-2-1-3-7-20/h1-12,25H,13-16H2,(H,24,27). The molecule has 2 aromatic carbocycles. The molecular formula is C22H22ClN3O5S. The van der Waals surface area contributed by atoms with Crippen LogP contribution in [0.15, 0.2) is 82.3 Å². The number of nitrogens with zero attached hydrogens (tertiary/aromatic N) is 1. The largest absolute Gasteiger partial charge is 0.467 e. The van der Waals surface area contributed by atoms with Gasteiger partial charge in [0.25, 0.3) is 0 Å². The number of carbonyl (C=O) groups excluding carboxylic acids is 2. The van der Waals surface area contributed by atoms with E-state index in [9.17, 15) is 18.0 Å². The Labute approximate surface area is 191 Å². The number of nitrogens with one attached hydrogen (secondary N) is 2. The normalized spacial score (nSPS) is 11.2. The molecule has 0 saturated heterocycles. The minimum Gasteiger partial charge on any atom is -0.467 e. The summed E-state index contributed by atoms with van der Waals surface area (Å²) >= 11 is 5.91. The van der Waals surface area contributed by atoms with Crippen LogP contribution in [-0.4, -0.2) is 38.2 Å². The molecule has 32 heavy (non-hydrogen) atoms. The summed E-state index contributed by atoms with van der Waals surface area (Å²) in [4.78, 5) is 26.6. The third-order valence-electron chi connectivity index (χ3n) is 4.48. The lowest BCUT2D eigenvalue weighted by Crippen LogP contribution is -2.44. The van der Waals surface area contributed by atoms with Gasteiger partial charge < -0.3 is 14.6 Å². The van der Waals surface area contributed by atoms with Crippen LogP contribution >= 0.6 is 11.6 Å². The first kappa shape index (κ1) is 23.5. The first-order valence-corrected chi connectivity index (χ1v) is 11.6. The molecule has 0 aliphatic rings. The molecule has 0 saturated carbocycles. The Morgan fingerprint density at radius 1 is 0.969 bits per heavy atom. The Morgan fingerprint density at radius 3 is 2.34 bits per heavy atom. The number of benzene rings is 2. The summed E-state index contributed by atoms with van der Waals surface area (Å²) in [7, 11) is -3.86. The van der Waals surface area contributed by atoms with Crippen LogP contribution in [0, 0.1) is 0 Å². The Balaban J connectivity index is 1.66. The van der Waals surface area contributed by atoms with Crippen LogP contribution < -0.4 is 10.0 Å². The second-order valence-corrected chi connectivity index (χ2v) is 9.07. The molecule has 8 nitrogen and oxygen atoms in total. The molecule has 1 aromatic heterocycles. The Morgan fingerprint density at radius 2 is 1.69 bits per heavy atom. The van der Waals surface area contributed by atoms with Crippen molar-refractivity contribution in [2.24, 2.45) is 0 Å². The van der Waals surface area contributed by atoms with Crippen LogP contribution in [0.3, 0.4) is 0 Å². The van der Waals surface area contributed by atoms with Gasteiger partial charge in [0.05, 0.1) is 30.8 Å². The van der Waals surface area contributed by atoms with E-state index >= 15 is 0 Å². The highest BCUT2D eigenvalue weighted by Crippen LogP contribution is 2.12. The lowest BCUT2D eigenvalue weighted by Gasteiger charge is -2.22. The topological polar surface area (TPSA) is 109 Å². The molecule has 3 rings (SSSR count). The second kappa shape index (κ2) is 10.9. The maximum absolute atomic E-state index is 12.8. The molecule has 3 aromatic rings. The summed E-state index contributed by atoms with van der Waals surface area (Å²) in [6.07, 6.45) is 1.50. The lowest BCUT2D eigenvalue weighted by atomic mass is 10.2. The highest BCUT2D eigenvalue weighted by Gasteiger charge is 2.21. The third kappa shape index (κ3) is 6.94. The molecule has 0 bridgehead atoms. The van der Waals surface area contributed by atoms with E-state index in [1.807, 2.05) is 0 Å². The zero-order valence-electron chi connectivity index (χ0n) is 17.0. The van der Waals surface area contributed by atoms with Gasteiger partial charge in [0.2, 0.25) is 21.8 Å². The second-order valence-electron chi connectivity index (χ2n) is 6.87. The summed E-state index contributed by atoms with van der Waals surface area (Å²) in [5.74, 6) is -0.383. The zero-order valence-corrected chi connectivity index (χ0v) is 18.6. The van der Waals surface area contributed by atoms with Crippen LogP contribution in [0.1, 0.15) is 11.3 Å². The fourth-order valence-electron chi connectivity index (χ4n) is 2.82. The first-order chi connectivity index (χ1) is 15.3. The van der Waals surface area contributed by atoms with E-state index in [2.05, 4.69) is 10.0 Å². The Bertz CT molecular complexity index is 1130. The minimum absolute atomic E-state index is 0.0493. The summed E-state index contributed by atoms with van der Waals surface area (Å²) in [6.45, 7) is -0.460. The van der Waals surface area contributed by atoms with Crippen LogP contribution in [0.25, 0.3) is 0 Å². The monoisotopic (exact) mass is 475 g/mol. The van der Waals surface area contributed by atoms with Crippen LogP contribution in [0.2, 0.25) is 5.02 Å². The van der Waals surface area contributed by atoms with E-state index in [4.69, 9.17) is 16.0 Å². The summed E-state index contributed by atoms with van der Waals surface area (Å²) in [5.41, 5.74) is 0.743. The first-order valence-electron chi connectivity index (χ1n) is 9.69. The van der Waals surface area contributed by atoms with Crippen molar-refractivity contribution < 1.29 is 22.4 Å². The molecule has 1 heterocycles. The molecule has 10 heteroatoms. The van der Waals surface area contributed by atoms with Crippen molar-refractivity contribution in [3.63, 3.8) is 0 Å². The van der Waals surface area contributed by atoms with Crippen molar-refractivity contribution in [1.82, 2.24) is 14.9 Å². The summed E-state index contributed by atoms with van der Waals surface area (Å²) < 4.78 is 32.3. The van der Waals surface area contributed by atoms with Gasteiger partial charge in [-0.05, 0) is 42.0 Å². The van der Waals surface area contributed by atoms with Crippen molar-refractivity contribution in [1.29, 1.82) is 0 Å². The predicted molar refractivity (Wildman–Crippen MR) is 119 cm³/mol. The van der Waals surface area contributed by atoms with Crippen LogP contribution in [0.4, 0.5) is 0 Å². The van der Waals surface area contributed by atoms with Gasteiger partial charge in [0, 0.05) is 11.6 Å². The SMILES string of the molecule is O=C(CN(Cc1ccc(Cl)cc1)C(=O)CNS(=O)(=O)c1ccccc1)NCc1ccco1.